The number of esters is 1. The van der Waals surface area contributed by atoms with Crippen LogP contribution in [0.15, 0.2) is 48.5 Å². The molecule has 1 aliphatic rings. The van der Waals surface area contributed by atoms with Crippen LogP contribution in [0.2, 0.25) is 5.02 Å². The van der Waals surface area contributed by atoms with Crippen LogP contribution >= 0.6 is 11.6 Å². The van der Waals surface area contributed by atoms with Crippen LogP contribution in [0.25, 0.3) is 0 Å². The van der Waals surface area contributed by atoms with Crippen molar-refractivity contribution in [3.63, 3.8) is 0 Å². The smallest absolute Gasteiger partial charge is 0.316 e. The number of halogens is 2. The Morgan fingerprint density at radius 1 is 1.17 bits per heavy atom. The van der Waals surface area contributed by atoms with Crippen LogP contribution in [0.3, 0.4) is 0 Å². The van der Waals surface area contributed by atoms with Gasteiger partial charge in [0.25, 0.3) is 0 Å². The van der Waals surface area contributed by atoms with E-state index >= 15 is 0 Å². The maximum absolute atomic E-state index is 13.0. The lowest BCUT2D eigenvalue weighted by atomic mass is 10.1. The first kappa shape index (κ1) is 15.5. The third kappa shape index (κ3) is 3.35. The molecule has 4 nitrogen and oxygen atoms in total. The van der Waals surface area contributed by atoms with E-state index in [1.807, 2.05) is 0 Å². The molecule has 3 rings (SSSR count). The number of para-hydroxylation sites is 1. The molecular weight excluding hydrogens is 321 g/mol. The molecule has 1 aliphatic heterocycles. The highest BCUT2D eigenvalue weighted by Crippen LogP contribution is 2.28. The number of carbonyl (C=O) groups excluding carboxylic acids is 2. The van der Waals surface area contributed by atoms with Gasteiger partial charge in [-0.3, -0.25) is 9.59 Å². The molecule has 1 saturated heterocycles. The van der Waals surface area contributed by atoms with Gasteiger partial charge in [-0.15, -0.1) is 0 Å². The quantitative estimate of drug-likeness (QED) is 0.638. The van der Waals surface area contributed by atoms with Gasteiger partial charge >= 0.3 is 5.97 Å². The number of hydrogen-bond acceptors (Lipinski definition) is 3. The second kappa shape index (κ2) is 6.38. The van der Waals surface area contributed by atoms with Crippen LogP contribution < -0.4 is 9.64 Å². The molecule has 0 aliphatic carbocycles. The number of anilines is 1. The highest BCUT2D eigenvalue weighted by Gasteiger charge is 2.36. The first-order valence-corrected chi connectivity index (χ1v) is 7.44. The van der Waals surface area contributed by atoms with Crippen molar-refractivity contribution in [1.29, 1.82) is 0 Å². The molecule has 0 saturated carbocycles. The largest absolute Gasteiger partial charge is 0.425 e. The van der Waals surface area contributed by atoms with Gasteiger partial charge in [-0.1, -0.05) is 23.7 Å². The molecular formula is C17H13ClFNO3. The zero-order valence-corrected chi connectivity index (χ0v) is 12.8. The zero-order chi connectivity index (χ0) is 16.4. The van der Waals surface area contributed by atoms with E-state index in [1.165, 1.54) is 29.2 Å². The van der Waals surface area contributed by atoms with Gasteiger partial charge in [0, 0.05) is 18.7 Å². The molecule has 0 bridgehead atoms. The Bertz CT molecular complexity index is 748. The van der Waals surface area contributed by atoms with Crippen molar-refractivity contribution in [2.45, 2.75) is 6.42 Å². The summed E-state index contributed by atoms with van der Waals surface area (Å²) in [6, 6.07) is 12.2. The highest BCUT2D eigenvalue weighted by atomic mass is 35.5. The summed E-state index contributed by atoms with van der Waals surface area (Å²) in [5.41, 5.74) is 0.560. The van der Waals surface area contributed by atoms with E-state index in [0.717, 1.165) is 0 Å². The lowest BCUT2D eigenvalue weighted by Gasteiger charge is -2.16. The van der Waals surface area contributed by atoms with Crippen molar-refractivity contribution in [3.05, 3.63) is 59.4 Å². The van der Waals surface area contributed by atoms with Crippen molar-refractivity contribution >= 4 is 29.2 Å². The molecule has 118 valence electrons. The molecule has 23 heavy (non-hydrogen) atoms. The average molecular weight is 334 g/mol. The second-order valence-corrected chi connectivity index (χ2v) is 5.64. The van der Waals surface area contributed by atoms with Gasteiger partial charge in [-0.2, -0.15) is 0 Å². The molecule has 0 spiro atoms. The summed E-state index contributed by atoms with van der Waals surface area (Å²) in [7, 11) is 0. The Morgan fingerprint density at radius 2 is 1.87 bits per heavy atom. The van der Waals surface area contributed by atoms with Gasteiger partial charge in [0.05, 0.1) is 10.9 Å². The van der Waals surface area contributed by atoms with Crippen LogP contribution in [-0.2, 0) is 9.59 Å². The first-order valence-electron chi connectivity index (χ1n) is 7.07. The summed E-state index contributed by atoms with van der Waals surface area (Å²) in [5.74, 6) is -1.39. The summed E-state index contributed by atoms with van der Waals surface area (Å²) < 4.78 is 18.2. The van der Waals surface area contributed by atoms with Crippen molar-refractivity contribution in [1.82, 2.24) is 0 Å². The first-order chi connectivity index (χ1) is 11.0. The minimum atomic E-state index is -0.580. The highest BCUT2D eigenvalue weighted by molar-refractivity contribution is 6.32. The number of amides is 1. The van der Waals surface area contributed by atoms with Crippen LogP contribution in [0, 0.1) is 11.7 Å². The summed E-state index contributed by atoms with van der Waals surface area (Å²) >= 11 is 5.95. The van der Waals surface area contributed by atoms with E-state index in [9.17, 15) is 14.0 Å². The van der Waals surface area contributed by atoms with E-state index in [2.05, 4.69) is 0 Å². The fraction of sp³-hybridized carbons (Fsp3) is 0.176. The fourth-order valence-corrected chi connectivity index (χ4v) is 2.63. The lowest BCUT2D eigenvalue weighted by molar-refractivity contribution is -0.139. The zero-order valence-electron chi connectivity index (χ0n) is 12.0. The van der Waals surface area contributed by atoms with Crippen LogP contribution in [-0.4, -0.2) is 18.4 Å². The Kier molecular flexibility index (Phi) is 4.30. The Labute approximate surface area is 137 Å². The predicted molar refractivity (Wildman–Crippen MR) is 83.9 cm³/mol. The molecule has 1 atom stereocenters. The predicted octanol–water partition coefficient (Wildman–Crippen LogP) is 3.44. The van der Waals surface area contributed by atoms with E-state index in [1.54, 1.807) is 24.3 Å². The fourth-order valence-electron chi connectivity index (χ4n) is 2.46. The van der Waals surface area contributed by atoms with Gasteiger partial charge in [0.2, 0.25) is 5.91 Å². The number of nitrogens with zero attached hydrogens (tertiary/aromatic N) is 1. The molecule has 1 fully saturated rings. The van der Waals surface area contributed by atoms with E-state index in [-0.39, 0.29) is 30.4 Å². The molecule has 2 aromatic rings. The standard InChI is InChI=1S/C17H13ClFNO3/c18-14-3-1-2-4-15(14)23-17(22)11-9-16(21)20(10-11)13-7-5-12(19)6-8-13/h1-8,11H,9-10H2/t11-/m0/s1. The van der Waals surface area contributed by atoms with Gasteiger partial charge in [0.15, 0.2) is 0 Å². The molecule has 0 aromatic heterocycles. The summed E-state index contributed by atoms with van der Waals surface area (Å²) in [6.45, 7) is 0.202. The summed E-state index contributed by atoms with van der Waals surface area (Å²) in [5, 5.41) is 0.334. The van der Waals surface area contributed by atoms with Gasteiger partial charge in [-0.25, -0.2) is 4.39 Å². The summed E-state index contributed by atoms with van der Waals surface area (Å²) in [6.07, 6.45) is 0.0562. The minimum absolute atomic E-state index is 0.0562. The molecule has 0 radical (unpaired) electrons. The van der Waals surface area contributed by atoms with Crippen molar-refractivity contribution < 1.29 is 18.7 Å². The maximum Gasteiger partial charge on any atom is 0.316 e. The molecule has 6 heteroatoms. The minimum Gasteiger partial charge on any atom is -0.425 e. The van der Waals surface area contributed by atoms with Crippen LogP contribution in [0.5, 0.6) is 5.75 Å². The Hall–Kier alpha value is -2.40. The second-order valence-electron chi connectivity index (χ2n) is 5.23. The SMILES string of the molecule is O=C(Oc1ccccc1Cl)[C@H]1CC(=O)N(c2ccc(F)cc2)C1. The molecule has 1 heterocycles. The summed E-state index contributed by atoms with van der Waals surface area (Å²) in [4.78, 5) is 25.8. The molecule has 0 unspecified atom stereocenters. The van der Waals surface area contributed by atoms with E-state index < -0.39 is 11.9 Å². The molecule has 0 N–H and O–H groups in total. The molecule has 1 amide bonds. The normalized spacial score (nSPS) is 17.4. The number of benzene rings is 2. The monoisotopic (exact) mass is 333 g/mol. The van der Waals surface area contributed by atoms with Gasteiger partial charge in [-0.05, 0) is 36.4 Å². The number of rotatable bonds is 3. The van der Waals surface area contributed by atoms with Gasteiger partial charge in [0.1, 0.15) is 11.6 Å². The van der Waals surface area contributed by atoms with Gasteiger partial charge < -0.3 is 9.64 Å². The Morgan fingerprint density at radius 3 is 2.57 bits per heavy atom. The topological polar surface area (TPSA) is 46.6 Å². The third-order valence-electron chi connectivity index (χ3n) is 3.64. The molecule has 2 aromatic carbocycles. The number of hydrogen-bond donors (Lipinski definition) is 0. The van der Waals surface area contributed by atoms with Crippen molar-refractivity contribution in [2.24, 2.45) is 5.92 Å². The van der Waals surface area contributed by atoms with Crippen molar-refractivity contribution in [2.75, 3.05) is 11.4 Å². The average Bonchev–Trinajstić information content (AvgIpc) is 2.92. The maximum atomic E-state index is 13.0. The van der Waals surface area contributed by atoms with E-state index in [0.29, 0.717) is 10.7 Å². The number of ether oxygens (including phenoxy) is 1. The van der Waals surface area contributed by atoms with Crippen LogP contribution in [0.4, 0.5) is 10.1 Å². The van der Waals surface area contributed by atoms with Crippen molar-refractivity contribution in [3.8, 4) is 5.75 Å². The van der Waals surface area contributed by atoms with E-state index in [4.69, 9.17) is 16.3 Å². The lowest BCUT2D eigenvalue weighted by Crippen LogP contribution is -2.27. The number of carbonyl (C=O) groups is 2. The van der Waals surface area contributed by atoms with Crippen LogP contribution in [0.1, 0.15) is 6.42 Å². The Balaban J connectivity index is 1.71. The third-order valence-corrected chi connectivity index (χ3v) is 3.96.